The Labute approximate surface area is 915 Å². The zero-order valence-corrected chi connectivity index (χ0v) is 94.9. The van der Waals surface area contributed by atoms with E-state index >= 15 is 0 Å². The Hall–Kier alpha value is -12.6. The molecule has 0 unspecified atom stereocenters. The predicted molar refractivity (Wildman–Crippen MR) is 606 cm³/mol. The number of nitrogens with one attached hydrogen (secondary N) is 4. The number of thiazole rings is 4. The molecule has 150 heavy (non-hydrogen) atoms. The maximum atomic E-state index is 14.0. The average molecular weight is 2200 g/mol. The van der Waals surface area contributed by atoms with Gasteiger partial charge in [-0.25, -0.2) is 29.9 Å². The molecule has 790 valence electrons. The summed E-state index contributed by atoms with van der Waals surface area (Å²) in [6.07, 6.45) is 22.1. The molecule has 11 aromatic rings. The normalized spacial score (nSPS) is 16.9. The van der Waals surface area contributed by atoms with Gasteiger partial charge in [0, 0.05) is 139 Å². The number of methoxy groups -OCH3 is 4. The lowest BCUT2D eigenvalue weighted by Gasteiger charge is -2.48. The molecule has 0 radical (unpaired) electrons. The lowest BCUT2D eigenvalue weighted by molar-refractivity contribution is -0.131. The Bertz CT molecular complexity index is 6610. The number of ether oxygens (including phenoxy) is 4. The van der Waals surface area contributed by atoms with E-state index in [1.54, 1.807) is 123 Å². The van der Waals surface area contributed by atoms with Gasteiger partial charge in [-0.3, -0.25) is 43.7 Å². The molecule has 8 amide bonds. The molecule has 0 spiro atoms. The van der Waals surface area contributed by atoms with Crippen molar-refractivity contribution in [2.45, 2.75) is 188 Å². The fraction of sp³-hybridized carbons (Fsp3) is 0.369. The van der Waals surface area contributed by atoms with E-state index in [0.29, 0.717) is 133 Å². The summed E-state index contributed by atoms with van der Waals surface area (Å²) in [6, 6.07) is 28.5. The molecule has 1 aliphatic carbocycles. The molecule has 5 saturated heterocycles. The van der Waals surface area contributed by atoms with E-state index < -0.39 is 0 Å². The van der Waals surface area contributed by atoms with Crippen molar-refractivity contribution >= 4 is 183 Å². The molecular formula is C111H130N18O12S9. The lowest BCUT2D eigenvalue weighted by Crippen LogP contribution is -2.60. The van der Waals surface area contributed by atoms with Crippen LogP contribution in [-0.4, -0.2) is 246 Å². The number of thiophene rings is 1. The molecule has 5 aliphatic heterocycles. The van der Waals surface area contributed by atoms with Gasteiger partial charge >= 0.3 is 0 Å². The zero-order valence-electron chi connectivity index (χ0n) is 87.6. The highest BCUT2D eigenvalue weighted by Gasteiger charge is 2.46. The van der Waals surface area contributed by atoms with Crippen LogP contribution < -0.4 is 40.2 Å². The SMILES string of the molecule is C=CC(=C)N1CCN(C(=O)c2cc(Sc3cnc(Nc4ccccn4)s3)c(C)cc2OC)C(C)(C)C1.C=CC(=C)N1C[C@H]2CC[C@@H](C1)N2C(=O)c1cc(Sc2cnc(Nc3ccccn3)s2)c(C)cc1OC.C=CC(=O)N1CCCN(C(=O)c2cc(Sc3cnc(NC(=O)C4CC4)s3)c(C)cc2OC)C[C@H]1C(C)(C)C.C=CC(=O)N1CCCN(C(=O)c2cc(Sc3cnc(NC(=O)c4ccsc4)s3)c(C)cc2OC)C[C@H]1C(C)(C)C. The third kappa shape index (κ3) is 28.2. The van der Waals surface area contributed by atoms with Crippen LogP contribution in [0.3, 0.4) is 0 Å². The Balaban J connectivity index is 0.000000158. The molecule has 6 fully saturated rings. The topological polar surface area (TPSA) is 325 Å². The molecule has 17 rings (SSSR count). The number of allylic oxidation sites excluding steroid dienone is 2. The minimum absolute atomic E-state index is 0.0313. The third-order valence-electron chi connectivity index (χ3n) is 26.5. The molecule has 4 atom stereocenters. The van der Waals surface area contributed by atoms with Crippen molar-refractivity contribution in [1.29, 1.82) is 0 Å². The second kappa shape index (κ2) is 50.6. The molecule has 1 saturated carbocycles. The number of fused-ring (bicyclic) bond motifs is 2. The molecule has 12 heterocycles. The number of benzene rings is 4. The van der Waals surface area contributed by atoms with Gasteiger partial charge in [0.05, 0.1) is 116 Å². The number of piperazine rings is 2. The van der Waals surface area contributed by atoms with E-state index in [1.807, 2.05) is 155 Å². The van der Waals surface area contributed by atoms with E-state index in [1.165, 1.54) is 69.7 Å². The lowest BCUT2D eigenvalue weighted by atomic mass is 9.85. The van der Waals surface area contributed by atoms with Crippen LogP contribution in [0, 0.1) is 44.4 Å². The molecule has 2 bridgehead atoms. The largest absolute Gasteiger partial charge is 0.496 e. The molecule has 6 aliphatic rings. The summed E-state index contributed by atoms with van der Waals surface area (Å²) >= 11 is 13.6. The number of amides is 8. The first-order valence-corrected chi connectivity index (χ1v) is 56.7. The second-order valence-electron chi connectivity index (χ2n) is 39.6. The summed E-state index contributed by atoms with van der Waals surface area (Å²) in [4.78, 5) is 151. The maximum absolute atomic E-state index is 14.0. The van der Waals surface area contributed by atoms with Gasteiger partial charge in [-0.15, -0.1) is 0 Å². The molecule has 4 aromatic carbocycles. The molecular weight excluding hydrogens is 2070 g/mol. The number of nitrogens with zero attached hydrogens (tertiary/aromatic N) is 14. The monoisotopic (exact) mass is 2190 g/mol. The van der Waals surface area contributed by atoms with Gasteiger partial charge in [-0.05, 0) is 222 Å². The number of anilines is 6. The fourth-order valence-electron chi connectivity index (χ4n) is 18.2. The van der Waals surface area contributed by atoms with Crippen molar-refractivity contribution in [3.63, 3.8) is 0 Å². The van der Waals surface area contributed by atoms with Gasteiger partial charge in [-0.2, -0.15) is 11.3 Å². The Morgan fingerprint density at radius 2 is 0.827 bits per heavy atom. The van der Waals surface area contributed by atoms with Gasteiger partial charge in [0.25, 0.3) is 29.5 Å². The van der Waals surface area contributed by atoms with Crippen LogP contribution in [0.5, 0.6) is 23.0 Å². The second-order valence-corrected chi connectivity index (χ2v) is 49.8. The highest BCUT2D eigenvalue weighted by Crippen LogP contribution is 2.47. The average Bonchev–Trinajstić information content (AvgIpc) is 1.49. The minimum Gasteiger partial charge on any atom is -0.496 e. The Kier molecular flexibility index (Phi) is 38.1. The fourth-order valence-corrected chi connectivity index (χ4v) is 26.7. The summed E-state index contributed by atoms with van der Waals surface area (Å²) < 4.78 is 26.4. The highest BCUT2D eigenvalue weighted by atomic mass is 32.2. The molecule has 7 aromatic heterocycles. The van der Waals surface area contributed by atoms with Crippen LogP contribution in [0.15, 0.2) is 251 Å². The Morgan fingerprint density at radius 1 is 0.440 bits per heavy atom. The van der Waals surface area contributed by atoms with Gasteiger partial charge in [0.2, 0.25) is 17.7 Å². The number of carbonyl (C=O) groups excluding carboxylic acids is 8. The smallest absolute Gasteiger partial charge is 0.258 e. The minimum atomic E-state index is -0.381. The summed E-state index contributed by atoms with van der Waals surface area (Å²) in [7, 11) is 6.36. The quantitative estimate of drug-likeness (QED) is 0.0240. The van der Waals surface area contributed by atoms with Crippen LogP contribution in [0.1, 0.15) is 168 Å². The molecule has 39 heteroatoms. The zero-order chi connectivity index (χ0) is 108. The number of hydrogen-bond acceptors (Lipinski definition) is 31. The number of carbonyl (C=O) groups is 8. The standard InChI is InChI=1S/C29H34N4O4S3.C28H36N4O4S2.C27H29N5O2S2.C27H31N5O2S2/c1-7-24(34)33-11-8-10-32(16-23(33)29(3,4)5)27(36)20-14-22(18(2)13-21(20)37-6)39-25-15-30-28(40-25)31-26(35)19-9-12-38-17-19;1-7-23(33)32-12-8-11-31(16-22(32)28(3,4)5)26(35)19-14-21(17(2)13-20(19)36-6)37-24-15-29-27(38-24)30-25(34)18-9-10-18;1-5-18(3)31-15-19-9-10-20(16-31)32(19)26(33)21-13-23(17(2)12-22(21)34-4)35-25-14-29-27(36-25)30-24-8-6-7-11-28-24;1-7-19(3)31-12-13-32(27(4,5)17-31)25(33)20-15-22(18(2)14-21(20)34-6)35-24-16-29-26(36-24)30-23-10-8-9-11-28-23/h7,9,12-15,17,23H,1,8,10-11,16H2,2-6H3,(H,30,31,35);7,13-15,18,22H,1,8-12,16H2,2-6H3,(H,29,30,34);5-8,11-14,19-20H,1,3,9-10,15-16H2,2,4H3,(H,28,29,30);7-11,14-16H,1,3,12-13,17H2,2,4-6H3,(H,28,29,30)/t23-;22-;19-,20+;/m00../s1. The van der Waals surface area contributed by atoms with Crippen molar-refractivity contribution < 1.29 is 57.3 Å². The number of aryl methyl sites for hydroxylation is 4. The van der Waals surface area contributed by atoms with Gasteiger partial charge in [-0.1, -0.05) is 186 Å². The molecule has 4 N–H and O–H groups in total. The first kappa shape index (κ1) is 113. The first-order valence-electron chi connectivity index (χ1n) is 49.2. The third-order valence-corrected chi connectivity index (χ3v) is 35.9. The van der Waals surface area contributed by atoms with Gasteiger partial charge in [0.15, 0.2) is 20.5 Å². The number of rotatable bonds is 30. The predicted octanol–water partition coefficient (Wildman–Crippen LogP) is 23.2. The van der Waals surface area contributed by atoms with Crippen molar-refractivity contribution in [3.05, 3.63) is 264 Å². The number of aromatic nitrogens is 6. The van der Waals surface area contributed by atoms with E-state index in [4.69, 9.17) is 18.9 Å². The number of pyridine rings is 2. The summed E-state index contributed by atoms with van der Waals surface area (Å²) in [5.41, 5.74) is 7.72. The van der Waals surface area contributed by atoms with E-state index in [-0.39, 0.29) is 93.7 Å². The highest BCUT2D eigenvalue weighted by molar-refractivity contribution is 8.02. The van der Waals surface area contributed by atoms with Gasteiger partial charge < -0.3 is 74.1 Å². The van der Waals surface area contributed by atoms with Crippen molar-refractivity contribution in [3.8, 4) is 23.0 Å². The van der Waals surface area contributed by atoms with E-state index in [9.17, 15) is 38.4 Å². The van der Waals surface area contributed by atoms with Crippen LogP contribution >= 0.6 is 104 Å². The first-order chi connectivity index (χ1) is 71.7. The number of likely N-dealkylation sites (tertiary alicyclic amines) is 1. The van der Waals surface area contributed by atoms with Crippen LogP contribution in [0.4, 0.5) is 32.2 Å². The van der Waals surface area contributed by atoms with Crippen molar-refractivity contribution in [1.82, 2.24) is 69.1 Å². The maximum Gasteiger partial charge on any atom is 0.258 e. The summed E-state index contributed by atoms with van der Waals surface area (Å²) in [6.45, 7) is 54.6. The van der Waals surface area contributed by atoms with E-state index in [0.717, 1.165) is 131 Å². The van der Waals surface area contributed by atoms with Crippen LogP contribution in [0.25, 0.3) is 0 Å². The summed E-state index contributed by atoms with van der Waals surface area (Å²) in [5.74, 6) is 3.20. The van der Waals surface area contributed by atoms with Crippen LogP contribution in [0.2, 0.25) is 0 Å². The van der Waals surface area contributed by atoms with Crippen molar-refractivity contribution in [2.75, 3.05) is 122 Å². The summed E-state index contributed by atoms with van der Waals surface area (Å²) in [5, 5.41) is 18.5. The Morgan fingerprint density at radius 3 is 1.19 bits per heavy atom. The molecule has 30 nitrogen and oxygen atoms in total. The van der Waals surface area contributed by atoms with Crippen LogP contribution in [-0.2, 0) is 14.4 Å². The van der Waals surface area contributed by atoms with Gasteiger partial charge in [0.1, 0.15) is 34.6 Å². The van der Waals surface area contributed by atoms with E-state index in [2.05, 4.69) is 161 Å². The van der Waals surface area contributed by atoms with Crippen molar-refractivity contribution in [2.24, 2.45) is 16.7 Å². The number of hydrogen-bond donors (Lipinski definition) is 4.